The van der Waals surface area contributed by atoms with E-state index in [1.165, 1.54) is 6.92 Å². The number of fused-ring (bicyclic) bond motifs is 1. The molecule has 2 aromatic heterocycles. The summed E-state index contributed by atoms with van der Waals surface area (Å²) in [4.78, 5) is 25.5. The van der Waals surface area contributed by atoms with Gasteiger partial charge in [-0.05, 0) is 42.9 Å². The molecule has 1 aromatic carbocycles. The summed E-state index contributed by atoms with van der Waals surface area (Å²) in [6, 6.07) is 15.0. The highest BCUT2D eigenvalue weighted by atomic mass is 16.2. The molecule has 0 fully saturated rings. The first-order valence-electron chi connectivity index (χ1n) is 9.38. The molecule has 148 valence electrons. The fraction of sp³-hybridized carbons (Fsp3) is 0.227. The number of hydrogen-bond donors (Lipinski definition) is 2. The number of nitrogens with zero attached hydrogens (tertiary/aromatic N) is 3. The maximum atomic E-state index is 12.5. The average Bonchev–Trinajstić information content (AvgIpc) is 3.05. The number of nitriles is 1. The molecular formula is C22H23N5O2. The van der Waals surface area contributed by atoms with Gasteiger partial charge in [0.05, 0.1) is 17.6 Å². The van der Waals surface area contributed by atoms with E-state index in [0.717, 1.165) is 11.1 Å². The van der Waals surface area contributed by atoms with Gasteiger partial charge in [-0.1, -0.05) is 13.0 Å². The van der Waals surface area contributed by atoms with E-state index in [1.807, 2.05) is 46.8 Å². The van der Waals surface area contributed by atoms with E-state index in [-0.39, 0.29) is 18.4 Å². The summed E-state index contributed by atoms with van der Waals surface area (Å²) in [6.07, 6.45) is 3.85. The molecule has 3 rings (SSSR count). The molecule has 0 radical (unpaired) electrons. The Balaban J connectivity index is 1.65. The predicted molar refractivity (Wildman–Crippen MR) is 112 cm³/mol. The molecule has 7 nitrogen and oxygen atoms in total. The Bertz CT molecular complexity index is 1060. The molecule has 0 aliphatic carbocycles. The van der Waals surface area contributed by atoms with E-state index in [0.29, 0.717) is 30.0 Å². The third kappa shape index (κ3) is 5.00. The van der Waals surface area contributed by atoms with Gasteiger partial charge >= 0.3 is 0 Å². The van der Waals surface area contributed by atoms with Crippen LogP contribution < -0.4 is 10.6 Å². The monoisotopic (exact) mass is 389 g/mol. The Morgan fingerprint density at radius 3 is 2.41 bits per heavy atom. The van der Waals surface area contributed by atoms with E-state index in [4.69, 9.17) is 0 Å². The highest BCUT2D eigenvalue weighted by Crippen LogP contribution is 2.19. The molecule has 2 N–H and O–H groups in total. The van der Waals surface area contributed by atoms with E-state index in [2.05, 4.69) is 16.7 Å². The molecule has 0 aliphatic heterocycles. The Morgan fingerprint density at radius 2 is 1.79 bits per heavy atom. The standard InChI is InChI=1S/C22H23N5O2/c1-3-26(13-17-14-27-11-5-4-6-21(27)20(17)12-23)15-22(29)25-19-9-7-18(8-10-19)24-16(2)28/h4-11,14H,3,13,15H2,1-2H3,(H,24,28)(H,25,29). The molecule has 2 heterocycles. The quantitative estimate of drug-likeness (QED) is 0.649. The van der Waals surface area contributed by atoms with E-state index >= 15 is 0 Å². The molecule has 29 heavy (non-hydrogen) atoms. The maximum absolute atomic E-state index is 12.5. The van der Waals surface area contributed by atoms with Gasteiger partial charge in [-0.3, -0.25) is 14.5 Å². The van der Waals surface area contributed by atoms with E-state index in [1.54, 1.807) is 24.3 Å². The van der Waals surface area contributed by atoms with Crippen LogP contribution in [0, 0.1) is 11.3 Å². The van der Waals surface area contributed by atoms with Crippen LogP contribution >= 0.6 is 0 Å². The molecule has 2 amide bonds. The lowest BCUT2D eigenvalue weighted by Gasteiger charge is -2.19. The Hall–Kier alpha value is -3.63. The van der Waals surface area contributed by atoms with Crippen LogP contribution in [0.1, 0.15) is 25.0 Å². The molecule has 3 aromatic rings. The number of benzene rings is 1. The largest absolute Gasteiger partial charge is 0.326 e. The van der Waals surface area contributed by atoms with Crippen molar-refractivity contribution < 1.29 is 9.59 Å². The van der Waals surface area contributed by atoms with Crippen molar-refractivity contribution in [2.75, 3.05) is 23.7 Å². The van der Waals surface area contributed by atoms with Gasteiger partial charge in [0.1, 0.15) is 6.07 Å². The van der Waals surface area contributed by atoms with Crippen LogP contribution in [0.4, 0.5) is 11.4 Å². The van der Waals surface area contributed by atoms with Gasteiger partial charge in [0.2, 0.25) is 11.8 Å². The second-order valence-electron chi connectivity index (χ2n) is 6.74. The van der Waals surface area contributed by atoms with Crippen LogP contribution in [0.15, 0.2) is 54.9 Å². The van der Waals surface area contributed by atoms with Crippen LogP contribution in [-0.4, -0.2) is 34.2 Å². The van der Waals surface area contributed by atoms with Crippen molar-refractivity contribution in [1.82, 2.24) is 9.30 Å². The number of amides is 2. The summed E-state index contributed by atoms with van der Waals surface area (Å²) in [7, 11) is 0. The first-order valence-corrected chi connectivity index (χ1v) is 9.38. The minimum atomic E-state index is -0.143. The van der Waals surface area contributed by atoms with Gasteiger partial charge in [-0.25, -0.2) is 0 Å². The van der Waals surface area contributed by atoms with Gasteiger partial charge in [-0.2, -0.15) is 5.26 Å². The maximum Gasteiger partial charge on any atom is 0.238 e. The van der Waals surface area contributed by atoms with Crippen LogP contribution in [0.2, 0.25) is 0 Å². The number of pyridine rings is 1. The zero-order valence-electron chi connectivity index (χ0n) is 16.5. The summed E-state index contributed by atoms with van der Waals surface area (Å²) in [5, 5.41) is 15.1. The van der Waals surface area contributed by atoms with Crippen molar-refractivity contribution in [1.29, 1.82) is 5.26 Å². The van der Waals surface area contributed by atoms with Crippen molar-refractivity contribution in [2.45, 2.75) is 20.4 Å². The third-order valence-electron chi connectivity index (χ3n) is 4.57. The fourth-order valence-corrected chi connectivity index (χ4v) is 3.19. The van der Waals surface area contributed by atoms with Crippen molar-refractivity contribution in [3.63, 3.8) is 0 Å². The summed E-state index contributed by atoms with van der Waals surface area (Å²) in [5.74, 6) is -0.281. The SMILES string of the molecule is CCN(CC(=O)Nc1ccc(NC(C)=O)cc1)Cc1cn2ccccc2c1C#N. The van der Waals surface area contributed by atoms with Crippen LogP contribution in [-0.2, 0) is 16.1 Å². The molecular weight excluding hydrogens is 366 g/mol. The Morgan fingerprint density at radius 1 is 1.10 bits per heavy atom. The molecule has 0 spiro atoms. The molecule has 0 saturated carbocycles. The molecule has 0 saturated heterocycles. The summed E-state index contributed by atoms with van der Waals surface area (Å²) < 4.78 is 1.93. The molecule has 0 aliphatic rings. The number of carbonyl (C=O) groups is 2. The number of nitrogens with one attached hydrogen (secondary N) is 2. The van der Waals surface area contributed by atoms with Crippen molar-refractivity contribution in [3.8, 4) is 6.07 Å². The van der Waals surface area contributed by atoms with E-state index in [9.17, 15) is 14.9 Å². The van der Waals surface area contributed by atoms with Crippen molar-refractivity contribution >= 4 is 28.7 Å². The van der Waals surface area contributed by atoms with E-state index < -0.39 is 0 Å². The number of hydrogen-bond acceptors (Lipinski definition) is 4. The van der Waals surface area contributed by atoms with Gasteiger partial charge in [0.25, 0.3) is 0 Å². The number of carbonyl (C=O) groups excluding carboxylic acids is 2. The predicted octanol–water partition coefficient (Wildman–Crippen LogP) is 3.23. The fourth-order valence-electron chi connectivity index (χ4n) is 3.19. The van der Waals surface area contributed by atoms with Gasteiger partial charge < -0.3 is 15.0 Å². The molecule has 0 unspecified atom stereocenters. The van der Waals surface area contributed by atoms with Crippen molar-refractivity contribution in [3.05, 3.63) is 66.0 Å². The Labute approximate surface area is 169 Å². The van der Waals surface area contributed by atoms with Crippen molar-refractivity contribution in [2.24, 2.45) is 0 Å². The van der Waals surface area contributed by atoms with Gasteiger partial charge in [0.15, 0.2) is 0 Å². The number of rotatable bonds is 7. The minimum absolute atomic E-state index is 0.138. The highest BCUT2D eigenvalue weighted by Gasteiger charge is 2.15. The summed E-state index contributed by atoms with van der Waals surface area (Å²) in [6.45, 7) is 4.82. The topological polar surface area (TPSA) is 89.6 Å². The second kappa shape index (κ2) is 9.04. The normalized spacial score (nSPS) is 10.7. The smallest absolute Gasteiger partial charge is 0.238 e. The Kier molecular flexibility index (Phi) is 6.27. The lowest BCUT2D eigenvalue weighted by molar-refractivity contribution is -0.117. The molecule has 0 atom stereocenters. The van der Waals surface area contributed by atoms with Crippen LogP contribution in [0.5, 0.6) is 0 Å². The zero-order chi connectivity index (χ0) is 20.8. The summed E-state index contributed by atoms with van der Waals surface area (Å²) in [5.41, 5.74) is 3.73. The summed E-state index contributed by atoms with van der Waals surface area (Å²) >= 11 is 0. The first kappa shape index (κ1) is 20.1. The number of aromatic nitrogens is 1. The minimum Gasteiger partial charge on any atom is -0.326 e. The molecule has 0 bridgehead atoms. The third-order valence-corrected chi connectivity index (χ3v) is 4.57. The number of likely N-dealkylation sites (N-methyl/N-ethyl adjacent to an activating group) is 1. The number of anilines is 2. The average molecular weight is 389 g/mol. The highest BCUT2D eigenvalue weighted by molar-refractivity contribution is 5.93. The second-order valence-corrected chi connectivity index (χ2v) is 6.74. The molecule has 7 heteroatoms. The first-order chi connectivity index (χ1) is 14.0. The van der Waals surface area contributed by atoms with Gasteiger partial charge in [0, 0.05) is 42.8 Å². The lowest BCUT2D eigenvalue weighted by Crippen LogP contribution is -2.32. The van der Waals surface area contributed by atoms with Crippen LogP contribution in [0.25, 0.3) is 5.52 Å². The van der Waals surface area contributed by atoms with Gasteiger partial charge in [-0.15, -0.1) is 0 Å². The lowest BCUT2D eigenvalue weighted by atomic mass is 10.1. The van der Waals surface area contributed by atoms with Crippen LogP contribution in [0.3, 0.4) is 0 Å². The zero-order valence-corrected chi connectivity index (χ0v) is 16.5.